The molecule has 0 atom stereocenters. The predicted molar refractivity (Wildman–Crippen MR) is 103 cm³/mol. The molecule has 0 fully saturated rings. The van der Waals surface area contributed by atoms with E-state index in [2.05, 4.69) is 10.0 Å². The molecule has 1 heterocycles. The first-order valence-corrected chi connectivity index (χ1v) is 10.5. The van der Waals surface area contributed by atoms with Crippen LogP contribution >= 0.6 is 11.3 Å². The number of nitrogens with one attached hydrogen (secondary N) is 2. The second-order valence-corrected chi connectivity index (χ2v) is 8.27. The van der Waals surface area contributed by atoms with Crippen molar-refractivity contribution < 1.29 is 22.7 Å². The molecule has 0 spiro atoms. The van der Waals surface area contributed by atoms with Crippen molar-refractivity contribution in [3.05, 3.63) is 45.8 Å². The Morgan fingerprint density at radius 1 is 1.26 bits per heavy atom. The lowest BCUT2D eigenvalue weighted by molar-refractivity contribution is 0.0531. The third-order valence-corrected chi connectivity index (χ3v) is 5.19. The smallest absolute Gasteiger partial charge is 0.348 e. The standard InChI is InChI=1S/C17H17N3O5S2/c1-4-25-17(22)14-10(2)13(9-18)16(26-14)19-15(21)11-5-7-12(8-6-11)20-27(3,23)24/h5-8,20H,4H2,1-3H3,(H,19,21). The Bertz CT molecular complexity index is 1020. The van der Waals surface area contributed by atoms with Crippen molar-refractivity contribution in [3.63, 3.8) is 0 Å². The van der Waals surface area contributed by atoms with Crippen molar-refractivity contribution in [2.45, 2.75) is 13.8 Å². The molecule has 10 heteroatoms. The van der Waals surface area contributed by atoms with E-state index < -0.39 is 21.9 Å². The van der Waals surface area contributed by atoms with Gasteiger partial charge >= 0.3 is 5.97 Å². The molecule has 0 aliphatic heterocycles. The molecule has 2 N–H and O–H groups in total. The van der Waals surface area contributed by atoms with Crippen LogP contribution in [0.1, 0.15) is 38.1 Å². The molecule has 0 bridgehead atoms. The van der Waals surface area contributed by atoms with Gasteiger partial charge in [-0.15, -0.1) is 11.3 Å². The van der Waals surface area contributed by atoms with E-state index in [9.17, 15) is 23.3 Å². The number of thiophene rings is 1. The number of benzene rings is 1. The molecule has 2 rings (SSSR count). The third kappa shape index (κ3) is 5.06. The number of amides is 1. The van der Waals surface area contributed by atoms with Gasteiger partial charge in [0.15, 0.2) is 0 Å². The fraction of sp³-hybridized carbons (Fsp3) is 0.235. The number of carbonyl (C=O) groups is 2. The highest BCUT2D eigenvalue weighted by atomic mass is 32.2. The zero-order valence-electron chi connectivity index (χ0n) is 14.8. The van der Waals surface area contributed by atoms with Gasteiger partial charge in [0.05, 0.1) is 18.4 Å². The van der Waals surface area contributed by atoms with Gasteiger partial charge in [0.1, 0.15) is 15.9 Å². The van der Waals surface area contributed by atoms with Crippen LogP contribution in [0.2, 0.25) is 0 Å². The highest BCUT2D eigenvalue weighted by Gasteiger charge is 2.22. The van der Waals surface area contributed by atoms with Gasteiger partial charge in [-0.25, -0.2) is 13.2 Å². The summed E-state index contributed by atoms with van der Waals surface area (Å²) in [6.45, 7) is 3.49. The Kier molecular flexibility index (Phi) is 6.20. The van der Waals surface area contributed by atoms with Crippen LogP contribution in [-0.4, -0.2) is 33.2 Å². The summed E-state index contributed by atoms with van der Waals surface area (Å²) in [5.74, 6) is -1.04. The van der Waals surface area contributed by atoms with Crippen molar-refractivity contribution in [2.75, 3.05) is 22.9 Å². The lowest BCUT2D eigenvalue weighted by atomic mass is 10.1. The lowest BCUT2D eigenvalue weighted by Gasteiger charge is -2.06. The fourth-order valence-corrected chi connectivity index (χ4v) is 3.82. The van der Waals surface area contributed by atoms with Gasteiger partial charge in [-0.1, -0.05) is 0 Å². The van der Waals surface area contributed by atoms with Crippen molar-refractivity contribution in [1.82, 2.24) is 0 Å². The maximum atomic E-state index is 12.4. The predicted octanol–water partition coefficient (Wildman–Crippen LogP) is 2.73. The van der Waals surface area contributed by atoms with Crippen LogP contribution in [0.25, 0.3) is 0 Å². The molecule has 0 saturated heterocycles. The number of hydrogen-bond donors (Lipinski definition) is 2. The average molecular weight is 407 g/mol. The number of carbonyl (C=O) groups excluding carboxylic acids is 2. The second kappa shape index (κ2) is 8.20. The van der Waals surface area contributed by atoms with Crippen molar-refractivity contribution >= 4 is 43.9 Å². The van der Waals surface area contributed by atoms with Crippen LogP contribution in [-0.2, 0) is 14.8 Å². The molecule has 1 aromatic heterocycles. The van der Waals surface area contributed by atoms with E-state index in [0.29, 0.717) is 11.3 Å². The minimum absolute atomic E-state index is 0.201. The Labute approximate surface area is 160 Å². The van der Waals surface area contributed by atoms with Gasteiger partial charge in [0.25, 0.3) is 5.91 Å². The van der Waals surface area contributed by atoms with Crippen LogP contribution < -0.4 is 10.0 Å². The van der Waals surface area contributed by atoms with Crippen LogP contribution in [0.4, 0.5) is 10.7 Å². The maximum absolute atomic E-state index is 12.4. The lowest BCUT2D eigenvalue weighted by Crippen LogP contribution is -2.13. The molecule has 0 saturated carbocycles. The maximum Gasteiger partial charge on any atom is 0.348 e. The molecule has 142 valence electrons. The van der Waals surface area contributed by atoms with Gasteiger partial charge < -0.3 is 10.1 Å². The summed E-state index contributed by atoms with van der Waals surface area (Å²) in [6, 6.07) is 7.77. The minimum atomic E-state index is -3.41. The first-order chi connectivity index (χ1) is 12.7. The van der Waals surface area contributed by atoms with Crippen LogP contribution in [0.5, 0.6) is 0 Å². The Morgan fingerprint density at radius 2 is 1.89 bits per heavy atom. The minimum Gasteiger partial charge on any atom is -0.462 e. The molecule has 1 aromatic carbocycles. The summed E-state index contributed by atoms with van der Waals surface area (Å²) in [6.07, 6.45) is 1.03. The summed E-state index contributed by atoms with van der Waals surface area (Å²) in [5, 5.41) is 12.2. The number of ether oxygens (including phenoxy) is 1. The molecule has 0 unspecified atom stereocenters. The van der Waals surface area contributed by atoms with Gasteiger partial charge in [-0.3, -0.25) is 9.52 Å². The molecule has 0 radical (unpaired) electrons. The Morgan fingerprint density at radius 3 is 2.41 bits per heavy atom. The number of hydrogen-bond acceptors (Lipinski definition) is 7. The first-order valence-electron chi connectivity index (χ1n) is 7.76. The van der Waals surface area contributed by atoms with Crippen LogP contribution in [0, 0.1) is 18.3 Å². The largest absolute Gasteiger partial charge is 0.462 e. The fourth-order valence-electron chi connectivity index (χ4n) is 2.21. The van der Waals surface area contributed by atoms with E-state index in [1.165, 1.54) is 24.3 Å². The van der Waals surface area contributed by atoms with E-state index in [0.717, 1.165) is 17.6 Å². The topological polar surface area (TPSA) is 125 Å². The molecular weight excluding hydrogens is 390 g/mol. The molecule has 8 nitrogen and oxygen atoms in total. The Hall–Kier alpha value is -2.90. The summed E-state index contributed by atoms with van der Waals surface area (Å²) >= 11 is 0.972. The molecular formula is C17H17N3O5S2. The molecule has 2 aromatic rings. The van der Waals surface area contributed by atoms with E-state index in [-0.39, 0.29) is 27.6 Å². The highest BCUT2D eigenvalue weighted by molar-refractivity contribution is 7.92. The number of sulfonamides is 1. The summed E-state index contributed by atoms with van der Waals surface area (Å²) < 4.78 is 29.7. The summed E-state index contributed by atoms with van der Waals surface area (Å²) in [5.41, 5.74) is 1.24. The second-order valence-electron chi connectivity index (χ2n) is 5.50. The summed E-state index contributed by atoms with van der Waals surface area (Å²) in [7, 11) is -3.41. The number of esters is 1. The van der Waals surface area contributed by atoms with Crippen molar-refractivity contribution in [1.29, 1.82) is 5.26 Å². The third-order valence-electron chi connectivity index (χ3n) is 3.40. The normalized spacial score (nSPS) is 10.7. The zero-order valence-corrected chi connectivity index (χ0v) is 16.5. The SMILES string of the molecule is CCOC(=O)c1sc(NC(=O)c2ccc(NS(C)(=O)=O)cc2)c(C#N)c1C. The molecule has 0 aliphatic carbocycles. The van der Waals surface area contributed by atoms with Gasteiger partial charge in [0.2, 0.25) is 10.0 Å². The number of nitrogens with zero attached hydrogens (tertiary/aromatic N) is 1. The zero-order chi connectivity index (χ0) is 20.2. The number of rotatable bonds is 6. The summed E-state index contributed by atoms with van der Waals surface area (Å²) in [4.78, 5) is 24.7. The average Bonchev–Trinajstić information content (AvgIpc) is 2.89. The first kappa shape index (κ1) is 20.4. The van der Waals surface area contributed by atoms with E-state index in [4.69, 9.17) is 4.74 Å². The van der Waals surface area contributed by atoms with Crippen molar-refractivity contribution in [3.8, 4) is 6.07 Å². The van der Waals surface area contributed by atoms with Crippen LogP contribution in [0.3, 0.4) is 0 Å². The van der Waals surface area contributed by atoms with Crippen LogP contribution in [0.15, 0.2) is 24.3 Å². The van der Waals surface area contributed by atoms with Gasteiger partial charge in [-0.05, 0) is 43.7 Å². The number of anilines is 2. The van der Waals surface area contributed by atoms with E-state index in [1.54, 1.807) is 13.8 Å². The molecule has 0 aliphatic rings. The monoisotopic (exact) mass is 407 g/mol. The van der Waals surface area contributed by atoms with Gasteiger partial charge in [0, 0.05) is 11.3 Å². The molecule has 27 heavy (non-hydrogen) atoms. The van der Waals surface area contributed by atoms with Gasteiger partial charge in [-0.2, -0.15) is 5.26 Å². The quantitative estimate of drug-likeness (QED) is 0.709. The number of nitriles is 1. The van der Waals surface area contributed by atoms with E-state index >= 15 is 0 Å². The van der Waals surface area contributed by atoms with E-state index in [1.807, 2.05) is 6.07 Å². The molecule has 1 amide bonds. The Balaban J connectivity index is 2.24. The highest BCUT2D eigenvalue weighted by Crippen LogP contribution is 2.33. The van der Waals surface area contributed by atoms with Crippen molar-refractivity contribution in [2.24, 2.45) is 0 Å².